The summed E-state index contributed by atoms with van der Waals surface area (Å²) in [6.07, 6.45) is 2.76. The van der Waals surface area contributed by atoms with Crippen molar-refractivity contribution in [3.05, 3.63) is 34.3 Å². The van der Waals surface area contributed by atoms with E-state index in [1.807, 2.05) is 12.1 Å². The fourth-order valence-electron chi connectivity index (χ4n) is 2.38. The van der Waals surface area contributed by atoms with E-state index in [1.54, 1.807) is 6.08 Å². The predicted octanol–water partition coefficient (Wildman–Crippen LogP) is 3.64. The molecule has 1 aliphatic heterocycles. The highest BCUT2D eigenvalue weighted by Gasteiger charge is 2.27. The third-order valence-electron chi connectivity index (χ3n) is 3.72. The van der Waals surface area contributed by atoms with Crippen LogP contribution in [-0.2, 0) is 4.79 Å². The number of benzene rings is 1. The number of rotatable bonds is 3. The van der Waals surface area contributed by atoms with Gasteiger partial charge in [-0.25, -0.2) is 4.79 Å². The van der Waals surface area contributed by atoms with E-state index in [-0.39, 0.29) is 0 Å². The number of hydrogen-bond donors (Lipinski definition) is 1. The minimum atomic E-state index is -0.928. The van der Waals surface area contributed by atoms with Crippen molar-refractivity contribution in [3.63, 3.8) is 0 Å². The lowest BCUT2D eigenvalue weighted by Crippen LogP contribution is -2.19. The van der Waals surface area contributed by atoms with Gasteiger partial charge < -0.3 is 10.0 Å². The number of halogens is 1. The lowest BCUT2D eigenvalue weighted by molar-refractivity contribution is -0.131. The van der Waals surface area contributed by atoms with Gasteiger partial charge in [-0.2, -0.15) is 0 Å². The molecule has 2 unspecified atom stereocenters. The summed E-state index contributed by atoms with van der Waals surface area (Å²) in [5, 5.41) is 8.62. The van der Waals surface area contributed by atoms with Gasteiger partial charge in [0.25, 0.3) is 0 Å². The quantitative estimate of drug-likeness (QED) is 0.863. The molecule has 1 aromatic rings. The Morgan fingerprint density at radius 1 is 1.37 bits per heavy atom. The molecule has 19 heavy (non-hydrogen) atoms. The largest absolute Gasteiger partial charge is 0.478 e. The van der Waals surface area contributed by atoms with E-state index >= 15 is 0 Å². The zero-order valence-electron chi connectivity index (χ0n) is 11.1. The Bertz CT molecular complexity index is 503. The summed E-state index contributed by atoms with van der Waals surface area (Å²) in [4.78, 5) is 12.9. The first-order valence-corrected chi connectivity index (χ1v) is 7.22. The molecule has 1 saturated heterocycles. The fraction of sp³-hybridized carbons (Fsp3) is 0.400. The van der Waals surface area contributed by atoms with Crippen LogP contribution in [0.5, 0.6) is 0 Å². The van der Waals surface area contributed by atoms with E-state index < -0.39 is 5.97 Å². The number of aliphatic carboxylic acids is 1. The number of carboxylic acid groups (broad SMARTS) is 1. The molecule has 0 amide bonds. The molecule has 1 aromatic carbocycles. The Kier molecular flexibility index (Phi) is 4.30. The highest BCUT2D eigenvalue weighted by atomic mass is 79.9. The van der Waals surface area contributed by atoms with Gasteiger partial charge in [0.05, 0.1) is 5.69 Å². The van der Waals surface area contributed by atoms with E-state index in [0.717, 1.165) is 29.2 Å². The summed E-state index contributed by atoms with van der Waals surface area (Å²) in [5.41, 5.74) is 2.07. The summed E-state index contributed by atoms with van der Waals surface area (Å²) >= 11 is 3.58. The first-order valence-electron chi connectivity index (χ1n) is 6.43. The van der Waals surface area contributed by atoms with E-state index in [2.05, 4.69) is 40.7 Å². The van der Waals surface area contributed by atoms with Crippen molar-refractivity contribution in [2.75, 3.05) is 18.0 Å². The summed E-state index contributed by atoms with van der Waals surface area (Å²) in [7, 11) is 0. The molecule has 0 spiro atoms. The van der Waals surface area contributed by atoms with E-state index in [0.29, 0.717) is 11.8 Å². The van der Waals surface area contributed by atoms with Crippen LogP contribution in [0.1, 0.15) is 19.4 Å². The topological polar surface area (TPSA) is 40.5 Å². The lowest BCUT2D eigenvalue weighted by Gasteiger charge is -2.20. The molecular weight excluding hydrogens is 306 g/mol. The lowest BCUT2D eigenvalue weighted by atomic mass is 10.0. The van der Waals surface area contributed by atoms with Gasteiger partial charge in [0, 0.05) is 23.6 Å². The normalized spacial score (nSPS) is 23.2. The summed E-state index contributed by atoms with van der Waals surface area (Å²) in [5.74, 6) is 0.486. The molecule has 2 atom stereocenters. The minimum absolute atomic E-state index is 0.707. The molecule has 1 aliphatic rings. The van der Waals surface area contributed by atoms with Crippen LogP contribution in [0.2, 0.25) is 0 Å². The molecule has 4 heteroatoms. The monoisotopic (exact) mass is 323 g/mol. The van der Waals surface area contributed by atoms with Gasteiger partial charge in [0.1, 0.15) is 0 Å². The van der Waals surface area contributed by atoms with Gasteiger partial charge >= 0.3 is 5.97 Å². The average molecular weight is 324 g/mol. The van der Waals surface area contributed by atoms with Crippen molar-refractivity contribution in [1.29, 1.82) is 0 Å². The van der Waals surface area contributed by atoms with Crippen molar-refractivity contribution >= 4 is 33.7 Å². The van der Waals surface area contributed by atoms with E-state index in [9.17, 15) is 4.79 Å². The van der Waals surface area contributed by atoms with Crippen LogP contribution < -0.4 is 4.90 Å². The molecule has 1 fully saturated rings. The molecule has 0 radical (unpaired) electrons. The molecule has 1 N–H and O–H groups in total. The van der Waals surface area contributed by atoms with Crippen LogP contribution in [0.25, 0.3) is 6.08 Å². The van der Waals surface area contributed by atoms with Gasteiger partial charge in [-0.05, 0) is 51.5 Å². The highest BCUT2D eigenvalue weighted by Crippen LogP contribution is 2.33. The maximum atomic E-state index is 10.5. The molecule has 102 valence electrons. The van der Waals surface area contributed by atoms with Crippen molar-refractivity contribution in [3.8, 4) is 0 Å². The van der Waals surface area contributed by atoms with Gasteiger partial charge in [-0.3, -0.25) is 0 Å². The van der Waals surface area contributed by atoms with Gasteiger partial charge in [0.2, 0.25) is 0 Å². The summed E-state index contributed by atoms with van der Waals surface area (Å²) < 4.78 is 1.02. The second kappa shape index (κ2) is 5.78. The second-order valence-corrected chi connectivity index (χ2v) is 6.10. The third-order valence-corrected chi connectivity index (χ3v) is 4.35. The Morgan fingerprint density at radius 3 is 2.53 bits per heavy atom. The Balaban J connectivity index is 2.18. The Morgan fingerprint density at radius 2 is 2.00 bits per heavy atom. The highest BCUT2D eigenvalue weighted by molar-refractivity contribution is 9.10. The molecular formula is C15H18BrNO2. The molecule has 0 aromatic heterocycles. The number of carbonyl (C=O) groups is 1. The maximum Gasteiger partial charge on any atom is 0.328 e. The number of anilines is 1. The fourth-order valence-corrected chi connectivity index (χ4v) is 3.02. The Hall–Kier alpha value is -1.29. The van der Waals surface area contributed by atoms with Crippen LogP contribution in [0.4, 0.5) is 5.69 Å². The predicted molar refractivity (Wildman–Crippen MR) is 81.4 cm³/mol. The molecule has 0 saturated carbocycles. The molecule has 3 nitrogen and oxygen atoms in total. The van der Waals surface area contributed by atoms with E-state index in [1.165, 1.54) is 5.69 Å². The van der Waals surface area contributed by atoms with Gasteiger partial charge in [-0.15, -0.1) is 0 Å². The number of hydrogen-bond acceptors (Lipinski definition) is 2. The summed E-state index contributed by atoms with van der Waals surface area (Å²) in [6, 6.07) is 5.96. The first-order chi connectivity index (χ1) is 8.97. The van der Waals surface area contributed by atoms with Crippen molar-refractivity contribution in [2.24, 2.45) is 11.8 Å². The van der Waals surface area contributed by atoms with E-state index in [4.69, 9.17) is 5.11 Å². The molecule has 1 heterocycles. The molecule has 0 aliphatic carbocycles. The smallest absolute Gasteiger partial charge is 0.328 e. The SMILES string of the molecule is CC1CN(c2ccc(/C=C/C(=O)O)cc2Br)CC1C. The van der Waals surface area contributed by atoms with Gasteiger partial charge in [-0.1, -0.05) is 19.9 Å². The van der Waals surface area contributed by atoms with Gasteiger partial charge in [0.15, 0.2) is 0 Å². The van der Waals surface area contributed by atoms with Crippen molar-refractivity contribution < 1.29 is 9.90 Å². The average Bonchev–Trinajstić information content (AvgIpc) is 2.67. The van der Waals surface area contributed by atoms with Crippen LogP contribution in [0.3, 0.4) is 0 Å². The van der Waals surface area contributed by atoms with Crippen molar-refractivity contribution in [1.82, 2.24) is 0 Å². The third kappa shape index (κ3) is 3.38. The molecule has 2 rings (SSSR count). The zero-order valence-corrected chi connectivity index (χ0v) is 12.7. The summed E-state index contributed by atoms with van der Waals surface area (Å²) in [6.45, 7) is 6.71. The Labute approximate surface area is 122 Å². The standard InChI is InChI=1S/C15H18BrNO2/c1-10-8-17(9-11(10)2)14-5-3-12(7-13(14)16)4-6-15(18)19/h3-7,10-11H,8-9H2,1-2H3,(H,18,19)/b6-4+. The number of carboxylic acids is 1. The zero-order chi connectivity index (χ0) is 14.0. The van der Waals surface area contributed by atoms with Crippen LogP contribution in [-0.4, -0.2) is 24.2 Å². The van der Waals surface area contributed by atoms with Crippen LogP contribution in [0, 0.1) is 11.8 Å². The van der Waals surface area contributed by atoms with Crippen LogP contribution in [0.15, 0.2) is 28.7 Å². The van der Waals surface area contributed by atoms with Crippen LogP contribution >= 0.6 is 15.9 Å². The first kappa shape index (κ1) is 14.1. The minimum Gasteiger partial charge on any atom is -0.478 e. The van der Waals surface area contributed by atoms with Crippen molar-refractivity contribution in [2.45, 2.75) is 13.8 Å². The number of nitrogens with zero attached hydrogens (tertiary/aromatic N) is 1. The maximum absolute atomic E-state index is 10.5. The molecule has 0 bridgehead atoms. The second-order valence-electron chi connectivity index (χ2n) is 5.24.